The van der Waals surface area contributed by atoms with Crippen LogP contribution in [0.3, 0.4) is 0 Å². The highest BCUT2D eigenvalue weighted by Gasteiger charge is 2.32. The average molecular weight is 386 g/mol. The molecule has 1 fully saturated rings. The number of likely N-dealkylation sites (tertiary alicyclic amines) is 1. The lowest BCUT2D eigenvalue weighted by atomic mass is 9.89. The van der Waals surface area contributed by atoms with Crippen LogP contribution in [-0.4, -0.2) is 41.3 Å². The average Bonchev–Trinajstić information content (AvgIpc) is 2.64. The molecule has 5 nitrogen and oxygen atoms in total. The van der Waals surface area contributed by atoms with Crippen molar-refractivity contribution in [1.82, 2.24) is 14.5 Å². The van der Waals surface area contributed by atoms with Crippen molar-refractivity contribution in [1.29, 1.82) is 0 Å². The summed E-state index contributed by atoms with van der Waals surface area (Å²) in [5.74, 6) is 2.75. The molecule has 3 atom stereocenters. The van der Waals surface area contributed by atoms with Gasteiger partial charge < -0.3 is 4.74 Å². The molecule has 0 spiro atoms. The molecule has 1 aromatic heterocycles. The third kappa shape index (κ3) is 4.64. The maximum Gasteiger partial charge on any atom is 0.261 e. The monoisotopic (exact) mass is 385 g/mol. The Morgan fingerprint density at radius 1 is 1.18 bits per heavy atom. The van der Waals surface area contributed by atoms with E-state index in [1.165, 1.54) is 6.42 Å². The van der Waals surface area contributed by atoms with Crippen molar-refractivity contribution in [3.05, 3.63) is 40.4 Å². The molecule has 0 N–H and O–H groups in total. The standard InChI is InChI=1S/C23H35N3O2/c1-16(2)12-21(25-14-17(3)13-18(4)15-25)22-24-20-9-7-6-8-19(20)23(27)26(22)10-11-28-5/h6-9,16-18,21H,10-15H2,1-5H3/t17-,18+,21?. The van der Waals surface area contributed by atoms with Crippen molar-refractivity contribution >= 4 is 10.9 Å². The highest BCUT2D eigenvalue weighted by Crippen LogP contribution is 2.33. The van der Waals surface area contributed by atoms with E-state index in [9.17, 15) is 4.79 Å². The van der Waals surface area contributed by atoms with E-state index < -0.39 is 0 Å². The minimum absolute atomic E-state index is 0.0458. The summed E-state index contributed by atoms with van der Waals surface area (Å²) < 4.78 is 7.17. The molecule has 1 aliphatic heterocycles. The number of piperidine rings is 1. The molecule has 0 aliphatic carbocycles. The van der Waals surface area contributed by atoms with E-state index in [-0.39, 0.29) is 11.6 Å². The normalized spacial score (nSPS) is 22.1. The molecule has 1 aromatic carbocycles. The number of nitrogens with zero attached hydrogens (tertiary/aromatic N) is 3. The Hall–Kier alpha value is -1.72. The summed E-state index contributed by atoms with van der Waals surface area (Å²) in [7, 11) is 1.68. The van der Waals surface area contributed by atoms with Gasteiger partial charge in [-0.15, -0.1) is 0 Å². The smallest absolute Gasteiger partial charge is 0.261 e. The summed E-state index contributed by atoms with van der Waals surface area (Å²) in [4.78, 5) is 20.9. The number of ether oxygens (including phenoxy) is 1. The molecule has 154 valence electrons. The Bertz CT molecular complexity index is 835. The highest BCUT2D eigenvalue weighted by molar-refractivity contribution is 5.77. The fraction of sp³-hybridized carbons (Fsp3) is 0.652. The SMILES string of the molecule is COCCn1c(C(CC(C)C)N2C[C@H](C)C[C@H](C)C2)nc2ccccc2c1=O. The molecule has 2 heterocycles. The molecule has 0 saturated carbocycles. The Labute approximate surface area is 168 Å². The van der Waals surface area contributed by atoms with Crippen molar-refractivity contribution in [2.75, 3.05) is 26.8 Å². The largest absolute Gasteiger partial charge is 0.383 e. The number of methoxy groups -OCH3 is 1. The van der Waals surface area contributed by atoms with E-state index in [0.717, 1.165) is 30.9 Å². The van der Waals surface area contributed by atoms with E-state index in [4.69, 9.17) is 9.72 Å². The first kappa shape index (κ1) is 21.0. The predicted octanol–water partition coefficient (Wildman–Crippen LogP) is 4.11. The molecule has 3 rings (SSSR count). The molecule has 0 amide bonds. The second kappa shape index (κ2) is 9.19. The predicted molar refractivity (Wildman–Crippen MR) is 115 cm³/mol. The van der Waals surface area contributed by atoms with Gasteiger partial charge in [-0.05, 0) is 42.7 Å². The first-order valence-electron chi connectivity index (χ1n) is 10.6. The quantitative estimate of drug-likeness (QED) is 0.720. The van der Waals surface area contributed by atoms with Gasteiger partial charge in [0.1, 0.15) is 5.82 Å². The number of hydrogen-bond donors (Lipinski definition) is 0. The summed E-state index contributed by atoms with van der Waals surface area (Å²) in [6, 6.07) is 7.85. The number of benzene rings is 1. The lowest BCUT2D eigenvalue weighted by molar-refractivity contribution is 0.0762. The van der Waals surface area contributed by atoms with E-state index in [0.29, 0.717) is 36.3 Å². The van der Waals surface area contributed by atoms with Crippen molar-refractivity contribution in [3.63, 3.8) is 0 Å². The first-order valence-corrected chi connectivity index (χ1v) is 10.6. The van der Waals surface area contributed by atoms with Gasteiger partial charge in [0.25, 0.3) is 5.56 Å². The minimum atomic E-state index is 0.0458. The fourth-order valence-electron chi connectivity index (χ4n) is 4.67. The molecule has 1 saturated heterocycles. The fourth-order valence-corrected chi connectivity index (χ4v) is 4.67. The zero-order valence-corrected chi connectivity index (χ0v) is 18.0. The third-order valence-corrected chi connectivity index (χ3v) is 5.74. The van der Waals surface area contributed by atoms with Gasteiger partial charge in [0.15, 0.2) is 0 Å². The summed E-state index contributed by atoms with van der Waals surface area (Å²) in [5.41, 5.74) is 0.840. The van der Waals surface area contributed by atoms with Gasteiger partial charge in [-0.25, -0.2) is 4.98 Å². The molecule has 5 heteroatoms. The summed E-state index contributed by atoms with van der Waals surface area (Å²) in [6.45, 7) is 12.3. The molecule has 0 bridgehead atoms. The molecular weight excluding hydrogens is 350 g/mol. The van der Waals surface area contributed by atoms with E-state index in [2.05, 4.69) is 32.6 Å². The van der Waals surface area contributed by atoms with Crippen molar-refractivity contribution in [3.8, 4) is 0 Å². The van der Waals surface area contributed by atoms with Crippen LogP contribution in [0, 0.1) is 17.8 Å². The van der Waals surface area contributed by atoms with Gasteiger partial charge in [-0.2, -0.15) is 0 Å². The number of hydrogen-bond acceptors (Lipinski definition) is 4. The van der Waals surface area contributed by atoms with Gasteiger partial charge in [0.05, 0.1) is 30.1 Å². The van der Waals surface area contributed by atoms with Crippen LogP contribution in [0.15, 0.2) is 29.1 Å². The molecule has 1 unspecified atom stereocenters. The Morgan fingerprint density at radius 3 is 2.50 bits per heavy atom. The van der Waals surface area contributed by atoms with Crippen LogP contribution in [0.4, 0.5) is 0 Å². The second-order valence-electron chi connectivity index (χ2n) is 8.98. The van der Waals surface area contributed by atoms with Crippen molar-refractivity contribution in [2.45, 2.75) is 53.1 Å². The lowest BCUT2D eigenvalue weighted by Crippen LogP contribution is -2.44. The third-order valence-electron chi connectivity index (χ3n) is 5.74. The van der Waals surface area contributed by atoms with Crippen molar-refractivity contribution < 1.29 is 4.74 Å². The zero-order chi connectivity index (χ0) is 20.3. The number of para-hydroxylation sites is 1. The van der Waals surface area contributed by atoms with Gasteiger partial charge in [-0.1, -0.05) is 39.8 Å². The number of aromatic nitrogens is 2. The molecule has 28 heavy (non-hydrogen) atoms. The van der Waals surface area contributed by atoms with Crippen LogP contribution < -0.4 is 5.56 Å². The topological polar surface area (TPSA) is 47.4 Å². The number of rotatable bonds is 7. The van der Waals surface area contributed by atoms with Gasteiger partial charge in [0, 0.05) is 20.2 Å². The van der Waals surface area contributed by atoms with Gasteiger partial charge >= 0.3 is 0 Å². The van der Waals surface area contributed by atoms with E-state index >= 15 is 0 Å². The van der Waals surface area contributed by atoms with Crippen LogP contribution in [0.25, 0.3) is 10.9 Å². The van der Waals surface area contributed by atoms with Crippen LogP contribution in [-0.2, 0) is 11.3 Å². The molecule has 1 aliphatic rings. The van der Waals surface area contributed by atoms with E-state index in [1.807, 2.05) is 28.8 Å². The Kier molecular flexibility index (Phi) is 6.89. The summed E-state index contributed by atoms with van der Waals surface area (Å²) >= 11 is 0. The van der Waals surface area contributed by atoms with Crippen LogP contribution in [0.2, 0.25) is 0 Å². The maximum absolute atomic E-state index is 13.3. The van der Waals surface area contributed by atoms with Crippen LogP contribution >= 0.6 is 0 Å². The maximum atomic E-state index is 13.3. The van der Waals surface area contributed by atoms with Gasteiger partial charge in [-0.3, -0.25) is 14.3 Å². The molecular formula is C23H35N3O2. The summed E-state index contributed by atoms with van der Waals surface area (Å²) in [5, 5.41) is 0.686. The van der Waals surface area contributed by atoms with Crippen molar-refractivity contribution in [2.24, 2.45) is 17.8 Å². The Morgan fingerprint density at radius 2 is 1.86 bits per heavy atom. The van der Waals surface area contributed by atoms with Crippen LogP contribution in [0.1, 0.15) is 52.4 Å². The highest BCUT2D eigenvalue weighted by atomic mass is 16.5. The Balaban J connectivity index is 2.13. The van der Waals surface area contributed by atoms with Crippen LogP contribution in [0.5, 0.6) is 0 Å². The zero-order valence-electron chi connectivity index (χ0n) is 18.0. The minimum Gasteiger partial charge on any atom is -0.383 e. The van der Waals surface area contributed by atoms with E-state index in [1.54, 1.807) is 7.11 Å². The lowest BCUT2D eigenvalue weighted by Gasteiger charge is -2.41. The molecule has 0 radical (unpaired) electrons. The second-order valence-corrected chi connectivity index (χ2v) is 8.98. The molecule has 2 aromatic rings. The van der Waals surface area contributed by atoms with Gasteiger partial charge in [0.2, 0.25) is 0 Å². The first-order chi connectivity index (χ1) is 13.4. The summed E-state index contributed by atoms with van der Waals surface area (Å²) in [6.07, 6.45) is 2.27. The number of fused-ring (bicyclic) bond motifs is 1.